The van der Waals surface area contributed by atoms with Crippen molar-refractivity contribution in [3.63, 3.8) is 0 Å². The van der Waals surface area contributed by atoms with Gasteiger partial charge in [-0.3, -0.25) is 0 Å². The van der Waals surface area contributed by atoms with E-state index in [0.29, 0.717) is 17.5 Å². The zero-order valence-electron chi connectivity index (χ0n) is 22.6. The molecule has 13 heteroatoms. The maximum atomic E-state index is 12.8. The summed E-state index contributed by atoms with van der Waals surface area (Å²) in [5, 5.41) is 6.15. The molecule has 214 valence electrons. The van der Waals surface area contributed by atoms with E-state index >= 15 is 0 Å². The molecule has 1 aromatic heterocycles. The SMILES string of the molecule is Cc1cnc(Nc2ccc(S(=O)(=O)NC3CCN(C)CC3)cc2)nc1Nc1cccc(CNS(=O)(=O)C2CC2)c1. The van der Waals surface area contributed by atoms with Crippen LogP contribution in [0.3, 0.4) is 0 Å². The lowest BCUT2D eigenvalue weighted by molar-refractivity contribution is 0.248. The first-order chi connectivity index (χ1) is 19.1. The van der Waals surface area contributed by atoms with Crippen LogP contribution in [-0.4, -0.2) is 63.1 Å². The van der Waals surface area contributed by atoms with E-state index in [9.17, 15) is 16.8 Å². The first-order valence-corrected chi connectivity index (χ1v) is 16.4. The van der Waals surface area contributed by atoms with Crippen molar-refractivity contribution in [3.8, 4) is 0 Å². The van der Waals surface area contributed by atoms with E-state index < -0.39 is 20.0 Å². The minimum atomic E-state index is -3.61. The molecule has 0 spiro atoms. The number of piperidine rings is 1. The first-order valence-electron chi connectivity index (χ1n) is 13.3. The summed E-state index contributed by atoms with van der Waals surface area (Å²) in [5.74, 6) is 0.941. The van der Waals surface area contributed by atoms with Crippen molar-refractivity contribution in [1.82, 2.24) is 24.3 Å². The number of hydrogen-bond donors (Lipinski definition) is 4. The molecule has 3 aromatic rings. The molecule has 2 aliphatic rings. The molecule has 0 amide bonds. The predicted octanol–water partition coefficient (Wildman–Crippen LogP) is 3.23. The quantitative estimate of drug-likeness (QED) is 0.266. The Balaban J connectivity index is 1.22. The monoisotopic (exact) mass is 585 g/mol. The zero-order valence-corrected chi connectivity index (χ0v) is 24.2. The van der Waals surface area contributed by atoms with Gasteiger partial charge in [-0.2, -0.15) is 4.98 Å². The normalized spacial score (nSPS) is 17.1. The topological polar surface area (TPSA) is 145 Å². The van der Waals surface area contributed by atoms with E-state index in [1.54, 1.807) is 30.5 Å². The number of nitrogens with zero attached hydrogens (tertiary/aromatic N) is 3. The lowest BCUT2D eigenvalue weighted by Crippen LogP contribution is -2.43. The number of nitrogens with one attached hydrogen (secondary N) is 4. The van der Waals surface area contributed by atoms with Gasteiger partial charge in [-0.1, -0.05) is 12.1 Å². The van der Waals surface area contributed by atoms with Gasteiger partial charge in [-0.25, -0.2) is 31.3 Å². The highest BCUT2D eigenvalue weighted by Crippen LogP contribution is 2.28. The molecule has 1 aliphatic heterocycles. The lowest BCUT2D eigenvalue weighted by atomic mass is 10.1. The number of aryl methyl sites for hydroxylation is 1. The number of hydrogen-bond acceptors (Lipinski definition) is 9. The summed E-state index contributed by atoms with van der Waals surface area (Å²) in [6.07, 6.45) is 4.72. The Morgan fingerprint density at radius 3 is 2.35 bits per heavy atom. The molecule has 40 heavy (non-hydrogen) atoms. The van der Waals surface area contributed by atoms with Gasteiger partial charge in [0.1, 0.15) is 5.82 Å². The number of rotatable bonds is 11. The van der Waals surface area contributed by atoms with E-state index in [1.165, 1.54) is 0 Å². The Hall–Kier alpha value is -3.10. The number of benzene rings is 2. The van der Waals surface area contributed by atoms with Crippen LogP contribution in [0, 0.1) is 6.92 Å². The molecule has 5 rings (SSSR count). The lowest BCUT2D eigenvalue weighted by Gasteiger charge is -2.29. The van der Waals surface area contributed by atoms with Crippen LogP contribution < -0.4 is 20.1 Å². The third-order valence-electron chi connectivity index (χ3n) is 7.06. The molecule has 0 unspecified atom stereocenters. The van der Waals surface area contributed by atoms with Crippen LogP contribution in [0.1, 0.15) is 36.8 Å². The number of sulfonamides is 2. The van der Waals surface area contributed by atoms with Crippen LogP contribution in [0.5, 0.6) is 0 Å². The average molecular weight is 586 g/mol. The van der Waals surface area contributed by atoms with Crippen LogP contribution in [0.2, 0.25) is 0 Å². The van der Waals surface area contributed by atoms with Gasteiger partial charge in [-0.05, 0) is 94.7 Å². The molecule has 1 saturated carbocycles. The average Bonchev–Trinajstić information content (AvgIpc) is 3.78. The molecule has 11 nitrogen and oxygen atoms in total. The molecule has 2 heterocycles. The maximum absolute atomic E-state index is 12.8. The fraction of sp³-hybridized carbons (Fsp3) is 0.407. The molecule has 1 aliphatic carbocycles. The Morgan fingerprint density at radius 1 is 0.925 bits per heavy atom. The van der Waals surface area contributed by atoms with Crippen LogP contribution in [0.4, 0.5) is 23.1 Å². The molecular formula is C27H35N7O4S2. The van der Waals surface area contributed by atoms with Gasteiger partial charge in [0.25, 0.3) is 0 Å². The molecule has 0 radical (unpaired) electrons. The summed E-state index contributed by atoms with van der Waals surface area (Å²) in [6, 6.07) is 13.9. The van der Waals surface area contributed by atoms with E-state index in [-0.39, 0.29) is 22.7 Å². The summed E-state index contributed by atoms with van der Waals surface area (Å²) in [6.45, 7) is 3.85. The maximum Gasteiger partial charge on any atom is 0.240 e. The summed E-state index contributed by atoms with van der Waals surface area (Å²) in [4.78, 5) is 11.3. The van der Waals surface area contributed by atoms with Crippen molar-refractivity contribution in [3.05, 3.63) is 65.9 Å². The van der Waals surface area contributed by atoms with Crippen LogP contribution in [-0.2, 0) is 26.6 Å². The zero-order chi connectivity index (χ0) is 28.3. The van der Waals surface area contributed by atoms with E-state index in [1.807, 2.05) is 38.2 Å². The Labute approximate surface area is 235 Å². The highest BCUT2D eigenvalue weighted by atomic mass is 32.2. The van der Waals surface area contributed by atoms with Gasteiger partial charge < -0.3 is 15.5 Å². The second kappa shape index (κ2) is 11.8. The third kappa shape index (κ3) is 7.34. The smallest absolute Gasteiger partial charge is 0.240 e. The van der Waals surface area contributed by atoms with E-state index in [0.717, 1.165) is 55.6 Å². The molecular weight excluding hydrogens is 550 g/mol. The van der Waals surface area contributed by atoms with Crippen LogP contribution >= 0.6 is 0 Å². The van der Waals surface area contributed by atoms with Gasteiger partial charge in [-0.15, -0.1) is 0 Å². The number of aromatic nitrogens is 2. The number of anilines is 4. The molecule has 0 bridgehead atoms. The Kier molecular flexibility index (Phi) is 8.38. The largest absolute Gasteiger partial charge is 0.340 e. The highest BCUT2D eigenvalue weighted by Gasteiger charge is 2.35. The standard InChI is InChI=1S/C27H35N7O4S2/c1-19-17-28-27(31-21-6-8-25(9-7-21)40(37,38)33-22-12-14-34(2)15-13-22)32-26(19)30-23-5-3-4-20(16-23)18-29-39(35,36)24-10-11-24/h3-9,16-17,22,24,29,33H,10-15,18H2,1-2H3,(H2,28,30,31,32). The molecule has 0 atom stereocenters. The highest BCUT2D eigenvalue weighted by molar-refractivity contribution is 7.90. The minimum absolute atomic E-state index is 0.0568. The fourth-order valence-electron chi connectivity index (χ4n) is 4.47. The van der Waals surface area contributed by atoms with Crippen molar-refractivity contribution in [2.24, 2.45) is 0 Å². The third-order valence-corrected chi connectivity index (χ3v) is 10.5. The Bertz CT molecular complexity index is 1550. The fourth-order valence-corrected chi connectivity index (χ4v) is 7.13. The van der Waals surface area contributed by atoms with E-state index in [2.05, 4.69) is 34.9 Å². The van der Waals surface area contributed by atoms with Gasteiger partial charge in [0, 0.05) is 35.7 Å². The summed E-state index contributed by atoms with van der Waals surface area (Å²) >= 11 is 0. The van der Waals surface area contributed by atoms with Crippen LogP contribution in [0.15, 0.2) is 59.6 Å². The van der Waals surface area contributed by atoms with Crippen molar-refractivity contribution in [2.75, 3.05) is 30.8 Å². The second-order valence-corrected chi connectivity index (χ2v) is 14.2. The molecule has 1 saturated heterocycles. The minimum Gasteiger partial charge on any atom is -0.340 e. The van der Waals surface area contributed by atoms with Gasteiger partial charge >= 0.3 is 0 Å². The van der Waals surface area contributed by atoms with Crippen LogP contribution in [0.25, 0.3) is 0 Å². The Morgan fingerprint density at radius 2 is 1.65 bits per heavy atom. The van der Waals surface area contributed by atoms with Gasteiger partial charge in [0.05, 0.1) is 10.1 Å². The molecule has 4 N–H and O–H groups in total. The molecule has 2 aromatic carbocycles. The molecule has 2 fully saturated rings. The van der Waals surface area contributed by atoms with Crippen molar-refractivity contribution >= 4 is 43.2 Å². The number of likely N-dealkylation sites (tertiary alicyclic amines) is 1. The summed E-state index contributed by atoms with van der Waals surface area (Å²) in [7, 11) is -4.83. The van der Waals surface area contributed by atoms with Crippen molar-refractivity contribution in [2.45, 2.75) is 55.3 Å². The van der Waals surface area contributed by atoms with Crippen molar-refractivity contribution in [1.29, 1.82) is 0 Å². The predicted molar refractivity (Wildman–Crippen MR) is 156 cm³/mol. The van der Waals surface area contributed by atoms with Gasteiger partial charge in [0.15, 0.2) is 0 Å². The summed E-state index contributed by atoms with van der Waals surface area (Å²) in [5.41, 5.74) is 3.08. The van der Waals surface area contributed by atoms with Gasteiger partial charge in [0.2, 0.25) is 26.0 Å². The second-order valence-electron chi connectivity index (χ2n) is 10.5. The van der Waals surface area contributed by atoms with E-state index in [4.69, 9.17) is 0 Å². The van der Waals surface area contributed by atoms with Crippen molar-refractivity contribution < 1.29 is 16.8 Å². The first kappa shape index (κ1) is 28.4. The summed E-state index contributed by atoms with van der Waals surface area (Å²) < 4.78 is 55.5.